The van der Waals surface area contributed by atoms with Crippen LogP contribution in [-0.2, 0) is 0 Å². The largest absolute Gasteiger partial charge is 0.496 e. The van der Waals surface area contributed by atoms with Crippen molar-refractivity contribution in [2.24, 2.45) is 0 Å². The van der Waals surface area contributed by atoms with Crippen LogP contribution < -0.4 is 14.8 Å². The molecule has 0 bridgehead atoms. The van der Waals surface area contributed by atoms with Crippen LogP contribution in [0.4, 0.5) is 0 Å². The highest BCUT2D eigenvalue weighted by Gasteiger charge is 2.31. The van der Waals surface area contributed by atoms with Gasteiger partial charge in [-0.05, 0) is 18.6 Å². The summed E-state index contributed by atoms with van der Waals surface area (Å²) in [5, 5.41) is 3.06. The molecule has 118 valence electrons. The fraction of sp³-hybridized carbons (Fsp3) is 0.412. The summed E-state index contributed by atoms with van der Waals surface area (Å²) in [6.45, 7) is 2.78. The second-order valence-corrected chi connectivity index (χ2v) is 5.11. The zero-order chi connectivity index (χ0) is 16.1. The number of Topliss-reactive ketones (excluding diaryl/α,β-unsaturated/α-hetero) is 1. The average molecular weight is 303 g/mol. The highest BCUT2D eigenvalue weighted by Crippen LogP contribution is 2.35. The lowest BCUT2D eigenvalue weighted by Gasteiger charge is -2.20. The molecule has 0 aliphatic heterocycles. The lowest BCUT2D eigenvalue weighted by Crippen LogP contribution is -2.28. The molecule has 0 radical (unpaired) electrons. The van der Waals surface area contributed by atoms with Crippen LogP contribution in [0.5, 0.6) is 11.5 Å². The number of hydrogen-bond donors (Lipinski definition) is 1. The molecule has 0 amide bonds. The molecular weight excluding hydrogens is 282 g/mol. The summed E-state index contributed by atoms with van der Waals surface area (Å²) in [5.41, 5.74) is 0.860. The van der Waals surface area contributed by atoms with Gasteiger partial charge in [-0.25, -0.2) is 0 Å². The molecule has 0 aromatic heterocycles. The summed E-state index contributed by atoms with van der Waals surface area (Å²) in [6.07, 6.45) is 4.48. The number of ether oxygens (including phenoxy) is 2. The maximum atomic E-state index is 12.7. The minimum atomic E-state index is -0.247. The molecule has 1 aromatic rings. The number of carbonyl (C=O) groups is 2. The van der Waals surface area contributed by atoms with Gasteiger partial charge < -0.3 is 14.8 Å². The Bertz CT molecular complexity index is 619. The van der Waals surface area contributed by atoms with Crippen LogP contribution >= 0.6 is 0 Å². The molecular formula is C17H21NO4. The average Bonchev–Trinajstić information content (AvgIpc) is 2.54. The van der Waals surface area contributed by atoms with Crippen LogP contribution in [-0.4, -0.2) is 32.3 Å². The third kappa shape index (κ3) is 2.98. The number of carbonyl (C=O) groups excluding carboxylic acids is 2. The Morgan fingerprint density at radius 3 is 2.23 bits per heavy atom. The van der Waals surface area contributed by atoms with Crippen molar-refractivity contribution in [1.82, 2.24) is 5.32 Å². The molecule has 0 heterocycles. The maximum Gasteiger partial charge on any atom is 0.213 e. The van der Waals surface area contributed by atoms with Gasteiger partial charge in [0.15, 0.2) is 5.78 Å². The van der Waals surface area contributed by atoms with E-state index in [-0.39, 0.29) is 22.7 Å². The van der Waals surface area contributed by atoms with Gasteiger partial charge >= 0.3 is 0 Å². The smallest absolute Gasteiger partial charge is 0.213 e. The van der Waals surface area contributed by atoms with E-state index in [0.29, 0.717) is 23.7 Å². The van der Waals surface area contributed by atoms with Crippen LogP contribution in [0.3, 0.4) is 0 Å². The lowest BCUT2D eigenvalue weighted by molar-refractivity contribution is 0.0973. The van der Waals surface area contributed by atoms with Crippen molar-refractivity contribution in [1.29, 1.82) is 0 Å². The molecule has 0 atom stereocenters. The van der Waals surface area contributed by atoms with Gasteiger partial charge in [0.05, 0.1) is 31.0 Å². The van der Waals surface area contributed by atoms with Crippen molar-refractivity contribution >= 4 is 11.6 Å². The van der Waals surface area contributed by atoms with E-state index in [1.54, 1.807) is 12.1 Å². The standard InChI is InChI=1S/C17H21NO4/c1-4-5-6-9-18-11-10-12(19)15-13(21-2)7-8-14(22-3)16(15)17(11)20/h7-8,10,18H,4-6,9H2,1-3H3. The Morgan fingerprint density at radius 2 is 1.64 bits per heavy atom. The number of methoxy groups -OCH3 is 2. The first-order valence-electron chi connectivity index (χ1n) is 7.43. The Morgan fingerprint density at radius 1 is 1.00 bits per heavy atom. The van der Waals surface area contributed by atoms with Crippen LogP contribution in [0.25, 0.3) is 0 Å². The number of benzene rings is 1. The fourth-order valence-electron chi connectivity index (χ4n) is 2.51. The highest BCUT2D eigenvalue weighted by atomic mass is 16.5. The van der Waals surface area contributed by atoms with E-state index in [4.69, 9.17) is 9.47 Å². The predicted molar refractivity (Wildman–Crippen MR) is 83.8 cm³/mol. The number of ketones is 2. The first-order chi connectivity index (χ1) is 10.6. The zero-order valence-electron chi connectivity index (χ0n) is 13.2. The van der Waals surface area contributed by atoms with Gasteiger partial charge in [0.1, 0.15) is 11.5 Å². The number of nitrogens with one attached hydrogen (secondary N) is 1. The van der Waals surface area contributed by atoms with Crippen molar-refractivity contribution < 1.29 is 19.1 Å². The number of hydrogen-bond acceptors (Lipinski definition) is 5. The lowest BCUT2D eigenvalue weighted by atomic mass is 9.90. The van der Waals surface area contributed by atoms with Crippen LogP contribution in [0.1, 0.15) is 46.9 Å². The van der Waals surface area contributed by atoms with Crippen LogP contribution in [0, 0.1) is 0 Å². The number of fused-ring (bicyclic) bond motifs is 1. The minimum absolute atomic E-state index is 0.234. The molecule has 0 saturated carbocycles. The van der Waals surface area contributed by atoms with Crippen molar-refractivity contribution in [3.05, 3.63) is 35.0 Å². The molecule has 1 aliphatic rings. The highest BCUT2D eigenvalue weighted by molar-refractivity contribution is 6.26. The molecule has 5 nitrogen and oxygen atoms in total. The minimum Gasteiger partial charge on any atom is -0.496 e. The summed E-state index contributed by atoms with van der Waals surface area (Å²) < 4.78 is 10.4. The van der Waals surface area contributed by atoms with Crippen molar-refractivity contribution in [2.45, 2.75) is 26.2 Å². The SMILES string of the molecule is CCCCCNC1=CC(=O)c2c(OC)ccc(OC)c2C1=O. The van der Waals surface area contributed by atoms with E-state index in [0.717, 1.165) is 19.3 Å². The van der Waals surface area contributed by atoms with E-state index in [1.165, 1.54) is 20.3 Å². The molecule has 1 aliphatic carbocycles. The topological polar surface area (TPSA) is 64.6 Å². The Hall–Kier alpha value is -2.30. The Labute approximate surface area is 130 Å². The second-order valence-electron chi connectivity index (χ2n) is 5.11. The fourth-order valence-corrected chi connectivity index (χ4v) is 2.51. The van der Waals surface area contributed by atoms with E-state index in [1.807, 2.05) is 0 Å². The summed E-state index contributed by atoms with van der Waals surface area (Å²) in [5.74, 6) is 0.288. The van der Waals surface area contributed by atoms with Crippen molar-refractivity contribution in [3.63, 3.8) is 0 Å². The van der Waals surface area contributed by atoms with Gasteiger partial charge in [-0.15, -0.1) is 0 Å². The van der Waals surface area contributed by atoms with E-state index >= 15 is 0 Å². The van der Waals surface area contributed by atoms with Crippen molar-refractivity contribution in [2.75, 3.05) is 20.8 Å². The van der Waals surface area contributed by atoms with Gasteiger partial charge in [-0.3, -0.25) is 9.59 Å². The number of rotatable bonds is 7. The maximum absolute atomic E-state index is 12.7. The van der Waals surface area contributed by atoms with Crippen LogP contribution in [0.15, 0.2) is 23.9 Å². The normalized spacial score (nSPS) is 13.5. The van der Waals surface area contributed by atoms with Crippen molar-refractivity contribution in [3.8, 4) is 11.5 Å². The van der Waals surface area contributed by atoms with E-state index < -0.39 is 0 Å². The monoisotopic (exact) mass is 303 g/mol. The molecule has 22 heavy (non-hydrogen) atoms. The second kappa shape index (κ2) is 7.11. The van der Waals surface area contributed by atoms with E-state index in [2.05, 4.69) is 12.2 Å². The molecule has 1 N–H and O–H groups in total. The summed E-state index contributed by atoms with van der Waals surface area (Å²) in [6, 6.07) is 3.28. The first kappa shape index (κ1) is 16.1. The quantitative estimate of drug-likeness (QED) is 0.785. The Kier molecular flexibility index (Phi) is 5.20. The van der Waals surface area contributed by atoms with Gasteiger partial charge in [0, 0.05) is 12.6 Å². The summed E-state index contributed by atoms with van der Waals surface area (Å²) in [4.78, 5) is 25.0. The van der Waals surface area contributed by atoms with Gasteiger partial charge in [-0.1, -0.05) is 19.8 Å². The third-order valence-electron chi connectivity index (χ3n) is 3.66. The molecule has 2 rings (SSSR count). The van der Waals surface area contributed by atoms with E-state index in [9.17, 15) is 9.59 Å². The van der Waals surface area contributed by atoms with Crippen LogP contribution in [0.2, 0.25) is 0 Å². The summed E-state index contributed by atoms with van der Waals surface area (Å²) >= 11 is 0. The number of allylic oxidation sites excluding steroid dienone is 2. The predicted octanol–water partition coefficient (Wildman–Crippen LogP) is 2.75. The van der Waals surface area contributed by atoms with Gasteiger partial charge in [-0.2, -0.15) is 0 Å². The molecule has 0 unspecified atom stereocenters. The first-order valence-corrected chi connectivity index (χ1v) is 7.43. The molecule has 5 heteroatoms. The third-order valence-corrected chi connectivity index (χ3v) is 3.66. The molecule has 0 fully saturated rings. The zero-order valence-corrected chi connectivity index (χ0v) is 13.2. The van der Waals surface area contributed by atoms with Gasteiger partial charge in [0.25, 0.3) is 0 Å². The molecule has 1 aromatic carbocycles. The Balaban J connectivity index is 2.34. The molecule has 0 spiro atoms. The molecule has 0 saturated heterocycles. The summed E-state index contributed by atoms with van der Waals surface area (Å²) in [7, 11) is 2.95. The number of unbranched alkanes of at least 4 members (excludes halogenated alkanes) is 2. The van der Waals surface area contributed by atoms with Gasteiger partial charge in [0.2, 0.25) is 5.78 Å².